The summed E-state index contributed by atoms with van der Waals surface area (Å²) in [6.07, 6.45) is 0.565. The lowest BCUT2D eigenvalue weighted by molar-refractivity contribution is -0.145. The van der Waals surface area contributed by atoms with Gasteiger partial charge < -0.3 is 19.9 Å². The monoisotopic (exact) mass is 301 g/mol. The summed E-state index contributed by atoms with van der Waals surface area (Å²) >= 11 is 6.03. The number of rotatable bonds is 7. The summed E-state index contributed by atoms with van der Waals surface area (Å²) in [5, 5.41) is 0.529. The highest BCUT2D eigenvalue weighted by Gasteiger charge is 2.16. The third kappa shape index (κ3) is 4.90. The summed E-state index contributed by atoms with van der Waals surface area (Å²) in [7, 11) is 1.51. The molecule has 0 bridgehead atoms. The van der Waals surface area contributed by atoms with E-state index in [-0.39, 0.29) is 12.6 Å². The molecule has 2 N–H and O–H groups in total. The largest absolute Gasteiger partial charge is 0.493 e. The van der Waals surface area contributed by atoms with Crippen LogP contribution in [0.25, 0.3) is 0 Å². The van der Waals surface area contributed by atoms with Crippen LogP contribution in [0.3, 0.4) is 0 Å². The highest BCUT2D eigenvalue weighted by Crippen LogP contribution is 2.35. The van der Waals surface area contributed by atoms with Crippen molar-refractivity contribution in [2.75, 3.05) is 20.3 Å². The van der Waals surface area contributed by atoms with Crippen LogP contribution in [0.15, 0.2) is 12.1 Å². The average molecular weight is 302 g/mol. The van der Waals surface area contributed by atoms with Crippen LogP contribution in [0, 0.1) is 0 Å². The summed E-state index contributed by atoms with van der Waals surface area (Å²) in [4.78, 5) is 11.4. The molecule has 0 heterocycles. The fraction of sp³-hybridized carbons (Fsp3) is 0.500. The second-order valence-corrected chi connectivity index (χ2v) is 4.81. The predicted molar refractivity (Wildman–Crippen MR) is 77.5 cm³/mol. The van der Waals surface area contributed by atoms with Gasteiger partial charge in [0, 0.05) is 22.7 Å². The van der Waals surface area contributed by atoms with Crippen LogP contribution in [0.1, 0.15) is 19.4 Å². The number of halogens is 1. The number of esters is 1. The Kier molecular flexibility index (Phi) is 6.61. The molecule has 0 spiro atoms. The van der Waals surface area contributed by atoms with E-state index in [0.717, 1.165) is 5.56 Å². The molecule has 1 unspecified atom stereocenters. The van der Waals surface area contributed by atoms with Gasteiger partial charge in [-0.15, -0.1) is 0 Å². The Morgan fingerprint density at radius 2 is 2.15 bits per heavy atom. The molecule has 0 aromatic heterocycles. The Balaban J connectivity index is 2.97. The van der Waals surface area contributed by atoms with Crippen LogP contribution < -0.4 is 15.2 Å². The van der Waals surface area contributed by atoms with E-state index in [1.807, 2.05) is 6.92 Å². The van der Waals surface area contributed by atoms with E-state index >= 15 is 0 Å². The topological polar surface area (TPSA) is 70.8 Å². The van der Waals surface area contributed by atoms with Crippen LogP contribution in [-0.4, -0.2) is 32.3 Å². The van der Waals surface area contributed by atoms with E-state index in [1.54, 1.807) is 19.1 Å². The first-order valence-electron chi connectivity index (χ1n) is 6.38. The number of methoxy groups -OCH3 is 1. The molecule has 0 amide bonds. The van der Waals surface area contributed by atoms with Crippen molar-refractivity contribution in [3.05, 3.63) is 22.7 Å². The van der Waals surface area contributed by atoms with Crippen molar-refractivity contribution in [3.63, 3.8) is 0 Å². The molecule has 0 aliphatic rings. The Bertz CT molecular complexity index is 463. The standard InChI is InChI=1S/C14H20ClNO4/c1-4-19-13(17)8-20-14-10(5-9(2)16)6-11(15)7-12(14)18-3/h6-7,9H,4-5,8,16H2,1-3H3. The highest BCUT2D eigenvalue weighted by molar-refractivity contribution is 6.30. The minimum atomic E-state index is -0.434. The molecule has 0 aliphatic heterocycles. The zero-order chi connectivity index (χ0) is 15.1. The molecule has 20 heavy (non-hydrogen) atoms. The molecular weight excluding hydrogens is 282 g/mol. The van der Waals surface area contributed by atoms with E-state index in [4.69, 9.17) is 31.5 Å². The molecule has 1 aromatic carbocycles. The van der Waals surface area contributed by atoms with Crippen molar-refractivity contribution in [3.8, 4) is 11.5 Å². The number of carbonyl (C=O) groups excluding carboxylic acids is 1. The number of ether oxygens (including phenoxy) is 3. The minimum absolute atomic E-state index is 0.0666. The Hall–Kier alpha value is -1.46. The lowest BCUT2D eigenvalue weighted by Crippen LogP contribution is -2.20. The van der Waals surface area contributed by atoms with Crippen molar-refractivity contribution in [2.24, 2.45) is 5.73 Å². The number of hydrogen-bond donors (Lipinski definition) is 1. The van der Waals surface area contributed by atoms with Gasteiger partial charge in [-0.3, -0.25) is 0 Å². The van der Waals surface area contributed by atoms with E-state index < -0.39 is 5.97 Å². The molecule has 6 heteroatoms. The molecule has 1 rings (SSSR count). The summed E-state index contributed by atoms with van der Waals surface area (Å²) < 4.78 is 15.6. The van der Waals surface area contributed by atoms with Crippen molar-refractivity contribution in [1.29, 1.82) is 0 Å². The lowest BCUT2D eigenvalue weighted by Gasteiger charge is -2.16. The molecule has 0 saturated carbocycles. The van der Waals surface area contributed by atoms with Crippen LogP contribution in [-0.2, 0) is 16.0 Å². The van der Waals surface area contributed by atoms with E-state index in [1.165, 1.54) is 7.11 Å². The lowest BCUT2D eigenvalue weighted by atomic mass is 10.1. The minimum Gasteiger partial charge on any atom is -0.493 e. The highest BCUT2D eigenvalue weighted by atomic mass is 35.5. The average Bonchev–Trinajstić information content (AvgIpc) is 2.36. The van der Waals surface area contributed by atoms with Gasteiger partial charge in [0.25, 0.3) is 0 Å². The number of benzene rings is 1. The molecule has 1 atom stereocenters. The summed E-state index contributed by atoms with van der Waals surface area (Å²) in [5.74, 6) is 0.510. The van der Waals surface area contributed by atoms with Crippen molar-refractivity contribution in [1.82, 2.24) is 0 Å². The maximum absolute atomic E-state index is 11.4. The Labute approximate surface area is 123 Å². The fourth-order valence-electron chi connectivity index (χ4n) is 1.77. The molecule has 0 saturated heterocycles. The number of carbonyl (C=O) groups is 1. The van der Waals surface area contributed by atoms with Gasteiger partial charge in [-0.1, -0.05) is 11.6 Å². The second kappa shape index (κ2) is 7.97. The van der Waals surface area contributed by atoms with Crippen molar-refractivity contribution in [2.45, 2.75) is 26.3 Å². The molecule has 0 fully saturated rings. The van der Waals surface area contributed by atoms with Gasteiger partial charge in [0.1, 0.15) is 0 Å². The maximum Gasteiger partial charge on any atom is 0.344 e. The normalized spacial score (nSPS) is 11.8. The van der Waals surface area contributed by atoms with Crippen LogP contribution >= 0.6 is 11.6 Å². The van der Waals surface area contributed by atoms with Crippen LogP contribution in [0.4, 0.5) is 0 Å². The van der Waals surface area contributed by atoms with E-state index in [2.05, 4.69) is 0 Å². The Morgan fingerprint density at radius 1 is 1.45 bits per heavy atom. The molecule has 0 radical (unpaired) electrons. The Morgan fingerprint density at radius 3 is 2.70 bits per heavy atom. The van der Waals surface area contributed by atoms with Crippen LogP contribution in [0.5, 0.6) is 11.5 Å². The third-order valence-electron chi connectivity index (χ3n) is 2.50. The van der Waals surface area contributed by atoms with Crippen LogP contribution in [0.2, 0.25) is 5.02 Å². The van der Waals surface area contributed by atoms with Gasteiger partial charge in [0.15, 0.2) is 18.1 Å². The first-order valence-corrected chi connectivity index (χ1v) is 6.76. The van der Waals surface area contributed by atoms with Gasteiger partial charge in [0.2, 0.25) is 0 Å². The van der Waals surface area contributed by atoms with E-state index in [9.17, 15) is 4.79 Å². The first-order chi connectivity index (χ1) is 9.47. The third-order valence-corrected chi connectivity index (χ3v) is 2.72. The molecular formula is C14H20ClNO4. The van der Waals surface area contributed by atoms with Gasteiger partial charge in [0.05, 0.1) is 13.7 Å². The van der Waals surface area contributed by atoms with Gasteiger partial charge in [-0.25, -0.2) is 4.79 Å². The van der Waals surface area contributed by atoms with Crippen molar-refractivity contribution >= 4 is 17.6 Å². The van der Waals surface area contributed by atoms with E-state index in [0.29, 0.717) is 29.5 Å². The maximum atomic E-state index is 11.4. The molecule has 0 aliphatic carbocycles. The predicted octanol–water partition coefficient (Wildman–Crippen LogP) is 2.18. The van der Waals surface area contributed by atoms with Crippen molar-refractivity contribution < 1.29 is 19.0 Å². The zero-order valence-corrected chi connectivity index (χ0v) is 12.7. The fourth-order valence-corrected chi connectivity index (χ4v) is 2.00. The SMILES string of the molecule is CCOC(=O)COc1c(CC(C)N)cc(Cl)cc1OC. The zero-order valence-electron chi connectivity index (χ0n) is 11.9. The molecule has 5 nitrogen and oxygen atoms in total. The number of hydrogen-bond acceptors (Lipinski definition) is 5. The van der Waals surface area contributed by atoms with Gasteiger partial charge >= 0.3 is 5.97 Å². The molecule has 1 aromatic rings. The first kappa shape index (κ1) is 16.6. The summed E-state index contributed by atoms with van der Waals surface area (Å²) in [6.45, 7) is 3.75. The quantitative estimate of drug-likeness (QED) is 0.782. The second-order valence-electron chi connectivity index (χ2n) is 4.37. The summed E-state index contributed by atoms with van der Waals surface area (Å²) in [6, 6.07) is 3.32. The van der Waals surface area contributed by atoms with Gasteiger partial charge in [-0.2, -0.15) is 0 Å². The smallest absolute Gasteiger partial charge is 0.344 e. The summed E-state index contributed by atoms with van der Waals surface area (Å²) in [5.41, 5.74) is 6.61. The number of nitrogens with two attached hydrogens (primary N) is 1. The van der Waals surface area contributed by atoms with Gasteiger partial charge in [-0.05, 0) is 26.3 Å². The molecule has 112 valence electrons.